The maximum Gasteiger partial charge on any atom is 0.143 e. The molecular weight excluding hydrogens is 739 g/mol. The second kappa shape index (κ2) is 14.3. The lowest BCUT2D eigenvalue weighted by molar-refractivity contribution is 0.649. The molecular formula is C59H41NO. The molecule has 10 aromatic carbocycles. The van der Waals surface area contributed by atoms with E-state index in [1.807, 2.05) is 0 Å². The van der Waals surface area contributed by atoms with E-state index in [1.54, 1.807) is 0 Å². The molecule has 61 heavy (non-hydrogen) atoms. The number of fused-ring (bicyclic) bond motifs is 9. The molecule has 1 aliphatic rings. The van der Waals surface area contributed by atoms with Crippen molar-refractivity contribution in [2.75, 3.05) is 4.90 Å². The molecule has 0 spiro atoms. The average molecular weight is 780 g/mol. The molecule has 0 saturated heterocycles. The Morgan fingerprint density at radius 2 is 0.967 bits per heavy atom. The first kappa shape index (κ1) is 35.3. The Bertz CT molecular complexity index is 3440. The molecule has 0 radical (unpaired) electrons. The largest absolute Gasteiger partial charge is 0.455 e. The van der Waals surface area contributed by atoms with Crippen molar-refractivity contribution in [3.05, 3.63) is 235 Å². The molecule has 0 aliphatic heterocycles. The predicted molar refractivity (Wildman–Crippen MR) is 256 cm³/mol. The second-order valence-corrected chi connectivity index (χ2v) is 16.4. The van der Waals surface area contributed by atoms with Crippen LogP contribution in [0.4, 0.5) is 17.1 Å². The van der Waals surface area contributed by atoms with Crippen molar-refractivity contribution in [1.82, 2.24) is 0 Å². The Balaban J connectivity index is 0.998. The maximum absolute atomic E-state index is 6.55. The molecule has 288 valence electrons. The summed E-state index contributed by atoms with van der Waals surface area (Å²) >= 11 is 0. The van der Waals surface area contributed by atoms with Crippen molar-refractivity contribution in [3.8, 4) is 33.4 Å². The fourth-order valence-electron chi connectivity index (χ4n) is 10.2. The number of furan rings is 1. The van der Waals surface area contributed by atoms with Gasteiger partial charge in [0.15, 0.2) is 0 Å². The van der Waals surface area contributed by atoms with Crippen LogP contribution in [0, 0.1) is 0 Å². The lowest BCUT2D eigenvalue weighted by Crippen LogP contribution is -2.17. The molecule has 0 saturated carbocycles. The van der Waals surface area contributed by atoms with E-state index in [4.69, 9.17) is 4.42 Å². The highest BCUT2D eigenvalue weighted by Gasteiger charge is 2.32. The van der Waals surface area contributed by atoms with E-state index < -0.39 is 0 Å². The molecule has 12 rings (SSSR count). The quantitative estimate of drug-likeness (QED) is 0.167. The Morgan fingerprint density at radius 1 is 0.393 bits per heavy atom. The highest BCUT2D eigenvalue weighted by atomic mass is 16.3. The molecule has 11 aromatic rings. The molecule has 0 bridgehead atoms. The zero-order valence-electron chi connectivity index (χ0n) is 33.8. The van der Waals surface area contributed by atoms with Crippen LogP contribution in [0.15, 0.2) is 223 Å². The van der Waals surface area contributed by atoms with Gasteiger partial charge in [0.05, 0.1) is 5.69 Å². The summed E-state index contributed by atoms with van der Waals surface area (Å²) in [6.07, 6.45) is 0. The van der Waals surface area contributed by atoms with Crippen LogP contribution in [0.25, 0.3) is 76.9 Å². The van der Waals surface area contributed by atoms with E-state index in [9.17, 15) is 0 Å². The van der Waals surface area contributed by atoms with Gasteiger partial charge in [-0.3, -0.25) is 0 Å². The number of para-hydroxylation sites is 1. The highest BCUT2D eigenvalue weighted by Crippen LogP contribution is 2.50. The molecule has 0 fully saturated rings. The predicted octanol–water partition coefficient (Wildman–Crippen LogP) is 16.6. The van der Waals surface area contributed by atoms with Crippen LogP contribution < -0.4 is 4.90 Å². The molecule has 1 aliphatic carbocycles. The topological polar surface area (TPSA) is 16.4 Å². The van der Waals surface area contributed by atoms with Gasteiger partial charge in [-0.1, -0.05) is 177 Å². The van der Waals surface area contributed by atoms with Crippen molar-refractivity contribution in [3.63, 3.8) is 0 Å². The summed E-state index contributed by atoms with van der Waals surface area (Å²) in [6.45, 7) is 2.38. The summed E-state index contributed by atoms with van der Waals surface area (Å²) in [5.74, 6) is 0.580. The van der Waals surface area contributed by atoms with E-state index in [0.717, 1.165) is 55.5 Å². The summed E-state index contributed by atoms with van der Waals surface area (Å²) < 4.78 is 6.55. The molecule has 0 N–H and O–H groups in total. The van der Waals surface area contributed by atoms with Gasteiger partial charge in [0.1, 0.15) is 11.2 Å². The van der Waals surface area contributed by atoms with E-state index in [0.29, 0.717) is 5.92 Å². The first-order valence-electron chi connectivity index (χ1n) is 21.3. The van der Waals surface area contributed by atoms with Crippen molar-refractivity contribution in [2.24, 2.45) is 0 Å². The Labute approximate surface area is 355 Å². The van der Waals surface area contributed by atoms with E-state index in [1.165, 1.54) is 55.1 Å². The van der Waals surface area contributed by atoms with Gasteiger partial charge < -0.3 is 9.32 Å². The summed E-state index contributed by atoms with van der Waals surface area (Å²) in [4.78, 5) is 2.42. The Morgan fingerprint density at radius 3 is 1.75 bits per heavy atom. The summed E-state index contributed by atoms with van der Waals surface area (Å²) in [5.41, 5.74) is 16.7. The third-order valence-electron chi connectivity index (χ3n) is 13.1. The minimum Gasteiger partial charge on any atom is -0.455 e. The number of nitrogens with zero attached hydrogens (tertiary/aromatic N) is 1. The Kier molecular flexibility index (Phi) is 8.24. The summed E-state index contributed by atoms with van der Waals surface area (Å²) in [6, 6.07) is 79.8. The van der Waals surface area contributed by atoms with E-state index in [-0.39, 0.29) is 5.92 Å². The lowest BCUT2D eigenvalue weighted by Gasteiger charge is -2.34. The van der Waals surface area contributed by atoms with Gasteiger partial charge in [-0.15, -0.1) is 0 Å². The number of benzene rings is 10. The van der Waals surface area contributed by atoms with Crippen molar-refractivity contribution < 1.29 is 4.42 Å². The molecule has 1 unspecified atom stereocenters. The zero-order chi connectivity index (χ0) is 40.4. The monoisotopic (exact) mass is 779 g/mol. The third kappa shape index (κ3) is 5.79. The van der Waals surface area contributed by atoms with Crippen LogP contribution in [-0.2, 0) is 0 Å². The van der Waals surface area contributed by atoms with Crippen molar-refractivity contribution >= 4 is 60.5 Å². The van der Waals surface area contributed by atoms with Crippen LogP contribution in [-0.4, -0.2) is 0 Å². The fraction of sp³-hybridized carbons (Fsp3) is 0.0508. The summed E-state index contributed by atoms with van der Waals surface area (Å²) in [7, 11) is 0. The standard InChI is InChI=1S/C59H41NO/c1-38-46-16-6-7-20-51(46)52-21-8-9-22-53(52)58(38)42-27-33-45(34-28-42)60(44-31-25-41(26-32-44)48-23-12-15-39-13-2-4-17-47(39)48)56-24-11-10-18-49(56)43-30-36-57-55(37-43)54-35-29-40-14-3-5-19-50(40)59(54)61-57/h2-38,58H,1H3/t38-,58?/m1/s1. The minimum absolute atomic E-state index is 0.245. The van der Waals surface area contributed by atoms with Gasteiger partial charge in [-0.25, -0.2) is 0 Å². The van der Waals surface area contributed by atoms with E-state index in [2.05, 4.69) is 230 Å². The molecule has 1 heterocycles. The van der Waals surface area contributed by atoms with Crippen LogP contribution in [0.2, 0.25) is 0 Å². The lowest BCUT2D eigenvalue weighted by atomic mass is 9.70. The number of rotatable bonds is 6. The van der Waals surface area contributed by atoms with Gasteiger partial charge in [0.2, 0.25) is 0 Å². The first-order valence-corrected chi connectivity index (χ1v) is 21.3. The Hall–Kier alpha value is -7.68. The fourth-order valence-corrected chi connectivity index (χ4v) is 10.2. The first-order chi connectivity index (χ1) is 30.2. The zero-order valence-corrected chi connectivity index (χ0v) is 33.8. The van der Waals surface area contributed by atoms with Gasteiger partial charge >= 0.3 is 0 Å². The van der Waals surface area contributed by atoms with Crippen LogP contribution in [0.5, 0.6) is 0 Å². The average Bonchev–Trinajstić information content (AvgIpc) is 3.71. The molecule has 1 aromatic heterocycles. The molecule has 0 amide bonds. The van der Waals surface area contributed by atoms with Crippen LogP contribution in [0.3, 0.4) is 0 Å². The second-order valence-electron chi connectivity index (χ2n) is 16.4. The van der Waals surface area contributed by atoms with Gasteiger partial charge in [-0.2, -0.15) is 0 Å². The minimum atomic E-state index is 0.245. The third-order valence-corrected chi connectivity index (χ3v) is 13.1. The number of hydrogen-bond donors (Lipinski definition) is 0. The maximum atomic E-state index is 6.55. The number of anilines is 3. The van der Waals surface area contributed by atoms with Gasteiger partial charge in [0, 0.05) is 39.0 Å². The van der Waals surface area contributed by atoms with E-state index >= 15 is 0 Å². The van der Waals surface area contributed by atoms with Crippen molar-refractivity contribution in [1.29, 1.82) is 0 Å². The highest BCUT2D eigenvalue weighted by molar-refractivity contribution is 6.15. The normalized spacial score (nSPS) is 14.6. The molecule has 2 nitrogen and oxygen atoms in total. The summed E-state index contributed by atoms with van der Waals surface area (Å²) in [5, 5.41) is 7.06. The smallest absolute Gasteiger partial charge is 0.143 e. The van der Waals surface area contributed by atoms with Crippen LogP contribution in [0.1, 0.15) is 35.4 Å². The van der Waals surface area contributed by atoms with Gasteiger partial charge in [0.25, 0.3) is 0 Å². The number of hydrogen-bond acceptors (Lipinski definition) is 2. The molecule has 2 heteroatoms. The van der Waals surface area contributed by atoms with Gasteiger partial charge in [-0.05, 0) is 115 Å². The van der Waals surface area contributed by atoms with Crippen LogP contribution >= 0.6 is 0 Å². The SMILES string of the molecule is C[C@@H]1c2ccccc2-c2ccccc2C1c1ccc(N(c2ccc(-c3cccc4ccccc34)cc2)c2ccccc2-c2ccc3oc4c5ccccc5ccc4c3c2)cc1. The van der Waals surface area contributed by atoms with Crippen molar-refractivity contribution in [2.45, 2.75) is 18.8 Å². The molecule has 2 atom stereocenters.